The number of H-pyrrole nitrogens is 1. The van der Waals surface area contributed by atoms with E-state index < -0.39 is 0 Å². The topological polar surface area (TPSA) is 62.0 Å². The van der Waals surface area contributed by atoms with Crippen molar-refractivity contribution in [2.24, 2.45) is 0 Å². The summed E-state index contributed by atoms with van der Waals surface area (Å²) < 4.78 is 0. The molecule has 1 aliphatic heterocycles. The van der Waals surface area contributed by atoms with Gasteiger partial charge in [0.15, 0.2) is 0 Å². The zero-order valence-electron chi connectivity index (χ0n) is 9.61. The summed E-state index contributed by atoms with van der Waals surface area (Å²) >= 11 is 0.937. The van der Waals surface area contributed by atoms with Crippen molar-refractivity contribution < 1.29 is 9.59 Å². The molecule has 0 aliphatic carbocycles. The molecule has 1 saturated heterocycles. The van der Waals surface area contributed by atoms with Crippen LogP contribution in [0.1, 0.15) is 11.3 Å². The van der Waals surface area contributed by atoms with Crippen LogP contribution in [0.5, 0.6) is 0 Å². The minimum atomic E-state index is -0.324. The van der Waals surface area contributed by atoms with Crippen LogP contribution in [-0.2, 0) is 4.79 Å². The molecule has 2 N–H and O–H groups in total. The van der Waals surface area contributed by atoms with E-state index in [1.807, 2.05) is 31.2 Å². The Labute approximate surface area is 107 Å². The molecule has 1 fully saturated rings. The molecule has 90 valence electrons. The standard InChI is InChI=1S/C13H10N2O2S/c1-7-9(6-11-12(16)15-13(17)18-11)8-4-2-3-5-10(8)14-7/h2-6,14H,1H3,(H,15,16,17)/b11-6-. The number of aromatic nitrogens is 1. The minimum absolute atomic E-state index is 0.316. The molecule has 5 heteroatoms. The summed E-state index contributed by atoms with van der Waals surface area (Å²) in [5, 5.41) is 2.99. The van der Waals surface area contributed by atoms with E-state index in [4.69, 9.17) is 0 Å². The van der Waals surface area contributed by atoms with Gasteiger partial charge in [0.05, 0.1) is 4.91 Å². The molecule has 2 heterocycles. The first-order valence-electron chi connectivity index (χ1n) is 5.47. The van der Waals surface area contributed by atoms with Gasteiger partial charge in [-0.2, -0.15) is 0 Å². The maximum atomic E-state index is 11.5. The lowest BCUT2D eigenvalue weighted by molar-refractivity contribution is -0.115. The Hall–Kier alpha value is -2.01. The van der Waals surface area contributed by atoms with E-state index in [9.17, 15) is 9.59 Å². The highest BCUT2D eigenvalue weighted by atomic mass is 32.2. The fourth-order valence-electron chi connectivity index (χ4n) is 2.04. The summed E-state index contributed by atoms with van der Waals surface area (Å²) in [6, 6.07) is 7.88. The molecule has 0 saturated carbocycles. The number of hydrogen-bond donors (Lipinski definition) is 2. The van der Waals surface area contributed by atoms with Gasteiger partial charge >= 0.3 is 0 Å². The van der Waals surface area contributed by atoms with Crippen LogP contribution in [0.25, 0.3) is 17.0 Å². The molecule has 0 radical (unpaired) electrons. The van der Waals surface area contributed by atoms with Crippen LogP contribution in [0.3, 0.4) is 0 Å². The number of para-hydroxylation sites is 1. The molecule has 0 atom stereocenters. The molecule has 4 nitrogen and oxygen atoms in total. The smallest absolute Gasteiger partial charge is 0.290 e. The van der Waals surface area contributed by atoms with Gasteiger partial charge in [0.2, 0.25) is 0 Å². The van der Waals surface area contributed by atoms with Gasteiger partial charge in [0, 0.05) is 22.2 Å². The van der Waals surface area contributed by atoms with Crippen LogP contribution in [0.15, 0.2) is 29.2 Å². The predicted octanol–water partition coefficient (Wildman–Crippen LogP) is 2.80. The quantitative estimate of drug-likeness (QED) is 0.773. The lowest BCUT2D eigenvalue weighted by Crippen LogP contribution is -2.17. The summed E-state index contributed by atoms with van der Waals surface area (Å²) in [5.41, 5.74) is 2.96. The predicted molar refractivity (Wildman–Crippen MR) is 72.1 cm³/mol. The SMILES string of the molecule is Cc1[nH]c2ccccc2c1/C=C1\SC(=O)NC1=O. The molecule has 18 heavy (non-hydrogen) atoms. The van der Waals surface area contributed by atoms with Gasteiger partial charge < -0.3 is 4.98 Å². The van der Waals surface area contributed by atoms with Crippen LogP contribution in [0, 0.1) is 6.92 Å². The first-order chi connectivity index (χ1) is 8.65. The first-order valence-corrected chi connectivity index (χ1v) is 6.29. The molecule has 0 unspecified atom stereocenters. The van der Waals surface area contributed by atoms with Crippen LogP contribution in [0.2, 0.25) is 0 Å². The highest BCUT2D eigenvalue weighted by Crippen LogP contribution is 2.30. The van der Waals surface area contributed by atoms with Crippen molar-refractivity contribution in [1.82, 2.24) is 10.3 Å². The zero-order valence-corrected chi connectivity index (χ0v) is 10.4. The first kappa shape index (κ1) is 11.1. The van der Waals surface area contributed by atoms with Crippen LogP contribution in [-0.4, -0.2) is 16.1 Å². The highest BCUT2D eigenvalue weighted by Gasteiger charge is 2.25. The summed E-state index contributed by atoms with van der Waals surface area (Å²) in [5.74, 6) is -0.324. The van der Waals surface area contributed by atoms with E-state index in [1.54, 1.807) is 6.08 Å². The van der Waals surface area contributed by atoms with E-state index in [2.05, 4.69) is 10.3 Å². The van der Waals surface area contributed by atoms with E-state index >= 15 is 0 Å². The molecule has 0 bridgehead atoms. The van der Waals surface area contributed by atoms with E-state index in [-0.39, 0.29) is 11.1 Å². The van der Waals surface area contributed by atoms with Gasteiger partial charge in [-0.15, -0.1) is 0 Å². The highest BCUT2D eigenvalue weighted by molar-refractivity contribution is 8.18. The summed E-state index contributed by atoms with van der Waals surface area (Å²) in [6.07, 6.45) is 1.76. The van der Waals surface area contributed by atoms with Gasteiger partial charge in [0.25, 0.3) is 11.1 Å². The van der Waals surface area contributed by atoms with Crippen molar-refractivity contribution in [2.45, 2.75) is 6.92 Å². The fourth-order valence-corrected chi connectivity index (χ4v) is 2.70. The lowest BCUT2D eigenvalue weighted by Gasteiger charge is -1.95. The molecule has 1 aromatic carbocycles. The number of fused-ring (bicyclic) bond motifs is 1. The number of benzene rings is 1. The molecule has 0 spiro atoms. The van der Waals surface area contributed by atoms with Gasteiger partial charge in [-0.1, -0.05) is 18.2 Å². The number of hydrogen-bond acceptors (Lipinski definition) is 3. The molecular formula is C13H10N2O2S. The van der Waals surface area contributed by atoms with Crippen LogP contribution >= 0.6 is 11.8 Å². The number of carbonyl (C=O) groups excluding carboxylic acids is 2. The molecule has 1 aromatic heterocycles. The Bertz CT molecular complexity index is 700. The maximum absolute atomic E-state index is 11.5. The van der Waals surface area contributed by atoms with Crippen molar-refractivity contribution in [1.29, 1.82) is 0 Å². The van der Waals surface area contributed by atoms with Gasteiger partial charge in [0.1, 0.15) is 0 Å². The van der Waals surface area contributed by atoms with Gasteiger partial charge in [-0.3, -0.25) is 14.9 Å². The normalized spacial score (nSPS) is 17.7. The number of aromatic amines is 1. The minimum Gasteiger partial charge on any atom is -0.358 e. The second kappa shape index (κ2) is 4.03. The number of imide groups is 1. The average Bonchev–Trinajstić information content (AvgIpc) is 2.81. The number of aryl methyl sites for hydroxylation is 1. The Balaban J connectivity index is 2.15. The van der Waals surface area contributed by atoms with Gasteiger partial charge in [-0.05, 0) is 30.8 Å². The monoisotopic (exact) mass is 258 g/mol. The van der Waals surface area contributed by atoms with E-state index in [0.29, 0.717) is 4.91 Å². The number of amides is 2. The zero-order chi connectivity index (χ0) is 12.7. The lowest BCUT2D eigenvalue weighted by atomic mass is 10.1. The second-order valence-electron chi connectivity index (χ2n) is 4.06. The number of nitrogens with one attached hydrogen (secondary N) is 2. The van der Waals surface area contributed by atoms with Crippen molar-refractivity contribution in [3.05, 3.63) is 40.4 Å². The van der Waals surface area contributed by atoms with Crippen LogP contribution in [0.4, 0.5) is 4.79 Å². The summed E-state index contributed by atoms with van der Waals surface area (Å²) in [7, 11) is 0. The third kappa shape index (κ3) is 1.73. The number of rotatable bonds is 1. The Morgan fingerprint density at radius 1 is 1.22 bits per heavy atom. The Morgan fingerprint density at radius 3 is 2.72 bits per heavy atom. The second-order valence-corrected chi connectivity index (χ2v) is 5.08. The van der Waals surface area contributed by atoms with Gasteiger partial charge in [-0.25, -0.2) is 0 Å². The van der Waals surface area contributed by atoms with E-state index in [1.165, 1.54) is 0 Å². The van der Waals surface area contributed by atoms with Crippen LogP contribution < -0.4 is 5.32 Å². The summed E-state index contributed by atoms with van der Waals surface area (Å²) in [4.78, 5) is 26.3. The third-order valence-corrected chi connectivity index (χ3v) is 3.67. The van der Waals surface area contributed by atoms with Crippen molar-refractivity contribution in [2.75, 3.05) is 0 Å². The maximum Gasteiger partial charge on any atom is 0.290 e. The fraction of sp³-hybridized carbons (Fsp3) is 0.0769. The van der Waals surface area contributed by atoms with Crippen molar-refractivity contribution >= 4 is 39.9 Å². The molecule has 3 rings (SSSR count). The number of carbonyl (C=O) groups is 2. The average molecular weight is 258 g/mol. The Kier molecular flexibility index (Phi) is 2.48. The Morgan fingerprint density at radius 2 is 2.00 bits per heavy atom. The van der Waals surface area contributed by atoms with E-state index in [0.717, 1.165) is 33.9 Å². The summed E-state index contributed by atoms with van der Waals surface area (Å²) in [6.45, 7) is 1.95. The third-order valence-electron chi connectivity index (χ3n) is 2.86. The van der Waals surface area contributed by atoms with Crippen molar-refractivity contribution in [3.8, 4) is 0 Å². The number of thioether (sulfide) groups is 1. The molecule has 1 aliphatic rings. The van der Waals surface area contributed by atoms with Crippen molar-refractivity contribution in [3.63, 3.8) is 0 Å². The molecular weight excluding hydrogens is 248 g/mol. The largest absolute Gasteiger partial charge is 0.358 e. The molecule has 2 aromatic rings. The molecule has 2 amide bonds.